The van der Waals surface area contributed by atoms with Crippen LogP contribution in [0.3, 0.4) is 0 Å². The molecule has 0 spiro atoms. The van der Waals surface area contributed by atoms with Crippen LogP contribution in [0.25, 0.3) is 0 Å². The summed E-state index contributed by atoms with van der Waals surface area (Å²) in [6, 6.07) is 15.6. The SMILES string of the molecule is Cc1cccc(OCCOc2ccc(CCNC(=O)CC#N)cc2)c1C. The van der Waals surface area contributed by atoms with Crippen molar-refractivity contribution in [2.75, 3.05) is 19.8 Å². The zero-order valence-electron chi connectivity index (χ0n) is 15.2. The Morgan fingerprint density at radius 1 is 1.08 bits per heavy atom. The van der Waals surface area contributed by atoms with Crippen LogP contribution in [0, 0.1) is 25.2 Å². The number of hydrogen-bond donors (Lipinski definition) is 1. The van der Waals surface area contributed by atoms with Gasteiger partial charge in [-0.25, -0.2) is 0 Å². The fraction of sp³-hybridized carbons (Fsp3) is 0.333. The van der Waals surface area contributed by atoms with Crippen molar-refractivity contribution in [3.63, 3.8) is 0 Å². The maximum absolute atomic E-state index is 11.2. The molecule has 26 heavy (non-hydrogen) atoms. The van der Waals surface area contributed by atoms with Crippen LogP contribution in [0.15, 0.2) is 42.5 Å². The smallest absolute Gasteiger partial charge is 0.234 e. The van der Waals surface area contributed by atoms with Crippen LogP contribution in [0.4, 0.5) is 0 Å². The lowest BCUT2D eigenvalue weighted by atomic mass is 10.1. The average molecular weight is 352 g/mol. The van der Waals surface area contributed by atoms with Gasteiger partial charge in [0.2, 0.25) is 5.91 Å². The molecule has 0 aliphatic heterocycles. The zero-order chi connectivity index (χ0) is 18.8. The van der Waals surface area contributed by atoms with E-state index < -0.39 is 0 Å². The minimum atomic E-state index is -0.240. The molecule has 0 heterocycles. The van der Waals surface area contributed by atoms with Gasteiger partial charge in [-0.15, -0.1) is 0 Å². The lowest BCUT2D eigenvalue weighted by Crippen LogP contribution is -2.24. The Balaban J connectivity index is 1.70. The van der Waals surface area contributed by atoms with Crippen LogP contribution < -0.4 is 14.8 Å². The van der Waals surface area contributed by atoms with Crippen molar-refractivity contribution in [3.05, 3.63) is 59.2 Å². The topological polar surface area (TPSA) is 71.3 Å². The summed E-state index contributed by atoms with van der Waals surface area (Å²) in [4.78, 5) is 11.2. The highest BCUT2D eigenvalue weighted by Gasteiger charge is 2.02. The number of nitrogens with one attached hydrogen (secondary N) is 1. The normalized spacial score (nSPS) is 10.0. The first-order chi connectivity index (χ1) is 12.6. The summed E-state index contributed by atoms with van der Waals surface area (Å²) in [5, 5.41) is 11.1. The fourth-order valence-corrected chi connectivity index (χ4v) is 2.42. The molecule has 0 saturated carbocycles. The van der Waals surface area contributed by atoms with Crippen molar-refractivity contribution in [1.29, 1.82) is 5.26 Å². The van der Waals surface area contributed by atoms with Crippen LogP contribution in [0.1, 0.15) is 23.1 Å². The molecule has 1 N–H and O–H groups in total. The number of amides is 1. The Morgan fingerprint density at radius 2 is 1.81 bits per heavy atom. The third-order valence-corrected chi connectivity index (χ3v) is 4.06. The first kappa shape index (κ1) is 19.3. The van der Waals surface area contributed by atoms with E-state index in [0.717, 1.165) is 22.6 Å². The lowest BCUT2D eigenvalue weighted by molar-refractivity contribution is -0.120. The van der Waals surface area contributed by atoms with Crippen LogP contribution in [-0.4, -0.2) is 25.7 Å². The third-order valence-electron chi connectivity index (χ3n) is 4.06. The predicted molar refractivity (Wildman–Crippen MR) is 100 cm³/mol. The Labute approximate surface area is 154 Å². The van der Waals surface area contributed by atoms with Crippen LogP contribution in [0.2, 0.25) is 0 Å². The number of aryl methyl sites for hydroxylation is 1. The Bertz CT molecular complexity index is 764. The van der Waals surface area contributed by atoms with E-state index in [1.54, 1.807) is 0 Å². The second-order valence-corrected chi connectivity index (χ2v) is 5.97. The van der Waals surface area contributed by atoms with Crippen LogP contribution in [-0.2, 0) is 11.2 Å². The molecule has 1 amide bonds. The minimum Gasteiger partial charge on any atom is -0.490 e. The molecule has 5 heteroatoms. The number of hydrogen-bond acceptors (Lipinski definition) is 4. The van der Waals surface area contributed by atoms with Crippen molar-refractivity contribution < 1.29 is 14.3 Å². The maximum Gasteiger partial charge on any atom is 0.234 e. The summed E-state index contributed by atoms with van der Waals surface area (Å²) in [6.45, 7) is 5.58. The van der Waals surface area contributed by atoms with Gasteiger partial charge in [0.05, 0.1) is 6.07 Å². The first-order valence-electron chi connectivity index (χ1n) is 8.64. The quantitative estimate of drug-likeness (QED) is 0.703. The monoisotopic (exact) mass is 352 g/mol. The van der Waals surface area contributed by atoms with Gasteiger partial charge in [0, 0.05) is 6.54 Å². The predicted octanol–water partition coefficient (Wildman–Crippen LogP) is 3.33. The summed E-state index contributed by atoms with van der Waals surface area (Å²) in [7, 11) is 0. The number of carbonyl (C=O) groups excluding carboxylic acids is 1. The Kier molecular flexibility index (Phi) is 7.50. The molecule has 0 aromatic heterocycles. The first-order valence-corrected chi connectivity index (χ1v) is 8.64. The van der Waals surface area contributed by atoms with Crippen molar-refractivity contribution in [2.45, 2.75) is 26.7 Å². The van der Waals surface area contributed by atoms with Gasteiger partial charge < -0.3 is 14.8 Å². The van der Waals surface area contributed by atoms with E-state index in [-0.39, 0.29) is 12.3 Å². The summed E-state index contributed by atoms with van der Waals surface area (Å²) in [5.41, 5.74) is 3.46. The fourth-order valence-electron chi connectivity index (χ4n) is 2.42. The van der Waals surface area contributed by atoms with E-state index in [1.807, 2.05) is 49.4 Å². The number of rotatable bonds is 9. The molecule has 0 fully saturated rings. The van der Waals surface area contributed by atoms with E-state index in [9.17, 15) is 4.79 Å². The van der Waals surface area contributed by atoms with E-state index in [4.69, 9.17) is 14.7 Å². The van der Waals surface area contributed by atoms with Crippen molar-refractivity contribution in [3.8, 4) is 17.6 Å². The van der Waals surface area contributed by atoms with Gasteiger partial charge in [0.1, 0.15) is 31.1 Å². The third kappa shape index (κ3) is 6.14. The molecule has 2 rings (SSSR count). The number of benzene rings is 2. The summed E-state index contributed by atoms with van der Waals surface area (Å²) >= 11 is 0. The minimum absolute atomic E-state index is 0.100. The standard InChI is InChI=1S/C21H24N2O3/c1-16-4-3-5-20(17(16)2)26-15-14-25-19-8-6-18(7-9-19)11-13-23-21(24)10-12-22/h3-9H,10-11,13-15H2,1-2H3,(H,23,24). The van der Waals surface area contributed by atoms with Crippen LogP contribution in [0.5, 0.6) is 11.5 Å². The largest absolute Gasteiger partial charge is 0.490 e. The van der Waals surface area contributed by atoms with Gasteiger partial charge >= 0.3 is 0 Å². The molecule has 0 unspecified atom stereocenters. The highest BCUT2D eigenvalue weighted by atomic mass is 16.5. The number of ether oxygens (including phenoxy) is 2. The Morgan fingerprint density at radius 3 is 2.54 bits per heavy atom. The van der Waals surface area contributed by atoms with Gasteiger partial charge in [0.15, 0.2) is 0 Å². The lowest BCUT2D eigenvalue weighted by Gasteiger charge is -2.12. The van der Waals surface area contributed by atoms with Crippen molar-refractivity contribution in [2.24, 2.45) is 0 Å². The van der Waals surface area contributed by atoms with Gasteiger partial charge in [0.25, 0.3) is 0 Å². The van der Waals surface area contributed by atoms with Crippen molar-refractivity contribution >= 4 is 5.91 Å². The average Bonchev–Trinajstić information content (AvgIpc) is 2.63. The van der Waals surface area contributed by atoms with Gasteiger partial charge in [-0.05, 0) is 55.2 Å². The summed E-state index contributed by atoms with van der Waals surface area (Å²) in [5.74, 6) is 1.44. The van der Waals surface area contributed by atoms with Gasteiger partial charge in [-0.2, -0.15) is 5.26 Å². The molecule has 0 aliphatic rings. The van der Waals surface area contributed by atoms with E-state index in [2.05, 4.69) is 18.3 Å². The van der Waals surface area contributed by atoms with Gasteiger partial charge in [-0.3, -0.25) is 4.79 Å². The molecule has 0 atom stereocenters. The Hall–Kier alpha value is -3.00. The highest BCUT2D eigenvalue weighted by molar-refractivity contribution is 5.77. The van der Waals surface area contributed by atoms with Gasteiger partial charge in [-0.1, -0.05) is 24.3 Å². The highest BCUT2D eigenvalue weighted by Crippen LogP contribution is 2.20. The molecular weight excluding hydrogens is 328 g/mol. The molecule has 2 aromatic carbocycles. The molecule has 5 nitrogen and oxygen atoms in total. The number of carbonyl (C=O) groups is 1. The zero-order valence-corrected chi connectivity index (χ0v) is 15.2. The molecule has 136 valence electrons. The summed E-state index contributed by atoms with van der Waals surface area (Å²) in [6.07, 6.45) is 0.615. The maximum atomic E-state index is 11.2. The van der Waals surface area contributed by atoms with Crippen LogP contribution >= 0.6 is 0 Å². The molecule has 0 aliphatic carbocycles. The molecule has 0 bridgehead atoms. The second kappa shape index (κ2) is 10.1. The van der Waals surface area contributed by atoms with E-state index in [0.29, 0.717) is 26.2 Å². The van der Waals surface area contributed by atoms with Crippen molar-refractivity contribution in [1.82, 2.24) is 5.32 Å². The molecule has 0 radical (unpaired) electrons. The van der Waals surface area contributed by atoms with E-state index in [1.165, 1.54) is 5.56 Å². The second-order valence-electron chi connectivity index (χ2n) is 5.97. The molecule has 2 aromatic rings. The summed E-state index contributed by atoms with van der Waals surface area (Å²) < 4.78 is 11.5. The number of nitrogens with zero attached hydrogens (tertiary/aromatic N) is 1. The van der Waals surface area contributed by atoms with E-state index >= 15 is 0 Å². The number of nitriles is 1. The molecule has 0 saturated heterocycles. The molecular formula is C21H24N2O3.